The summed E-state index contributed by atoms with van der Waals surface area (Å²) in [6, 6.07) is 13.6. The Balaban J connectivity index is 1.81. The molecule has 0 aromatic heterocycles. The van der Waals surface area contributed by atoms with Crippen molar-refractivity contribution in [3.8, 4) is 17.2 Å². The van der Waals surface area contributed by atoms with Crippen molar-refractivity contribution in [2.24, 2.45) is 0 Å². The van der Waals surface area contributed by atoms with E-state index in [1.54, 1.807) is 6.07 Å². The van der Waals surface area contributed by atoms with Crippen LogP contribution in [-0.4, -0.2) is 6.29 Å². The van der Waals surface area contributed by atoms with Crippen LogP contribution in [0.15, 0.2) is 61.4 Å². The van der Waals surface area contributed by atoms with Crippen LogP contribution in [0, 0.1) is 0 Å². The van der Waals surface area contributed by atoms with Crippen LogP contribution in [0.25, 0.3) is 5.57 Å². The lowest BCUT2D eigenvalue weighted by Crippen LogP contribution is -1.98. The number of carbonyl (C=O) groups is 1. The highest BCUT2D eigenvalue weighted by molar-refractivity contribution is 5.73. The van der Waals surface area contributed by atoms with Gasteiger partial charge in [0.05, 0.1) is 0 Å². The van der Waals surface area contributed by atoms with E-state index in [2.05, 4.69) is 25.3 Å². The zero-order valence-electron chi connectivity index (χ0n) is 13.7. The Morgan fingerprint density at radius 3 is 2.33 bits per heavy atom. The normalized spacial score (nSPS) is 13.2. The molecule has 2 aromatic carbocycles. The van der Waals surface area contributed by atoms with Gasteiger partial charge in [-0.05, 0) is 61.1 Å². The second-order valence-electron chi connectivity index (χ2n) is 6.07. The monoisotopic (exact) mass is 320 g/mol. The molecule has 0 N–H and O–H groups in total. The third-order valence-corrected chi connectivity index (χ3v) is 3.95. The largest absolute Gasteiger partial charge is 0.457 e. The second-order valence-corrected chi connectivity index (χ2v) is 6.07. The molecule has 0 aliphatic heterocycles. The summed E-state index contributed by atoms with van der Waals surface area (Å²) in [5, 5.41) is 0. The van der Waals surface area contributed by atoms with Crippen LogP contribution in [0.4, 0.5) is 0 Å². The molecule has 1 aliphatic rings. The molecule has 0 saturated heterocycles. The minimum atomic E-state index is 0.0448. The van der Waals surface area contributed by atoms with E-state index in [4.69, 9.17) is 9.47 Å². The molecular formula is C21H20O3. The van der Waals surface area contributed by atoms with Gasteiger partial charge in [-0.15, -0.1) is 0 Å². The summed E-state index contributed by atoms with van der Waals surface area (Å²) in [4.78, 5) is 10.8. The zero-order chi connectivity index (χ0) is 17.1. The van der Waals surface area contributed by atoms with Crippen molar-refractivity contribution in [2.75, 3.05) is 0 Å². The Morgan fingerprint density at radius 1 is 1.08 bits per heavy atom. The number of ether oxygens (including phenoxy) is 2. The Bertz CT molecular complexity index is 783. The van der Waals surface area contributed by atoms with Crippen molar-refractivity contribution in [2.45, 2.75) is 25.7 Å². The molecule has 0 amide bonds. The average molecular weight is 320 g/mol. The quantitative estimate of drug-likeness (QED) is 0.385. The predicted octanol–water partition coefficient (Wildman–Crippen LogP) is 5.48. The number of carbonyl (C=O) groups excluding carboxylic acids is 1. The summed E-state index contributed by atoms with van der Waals surface area (Å²) in [5.41, 5.74) is 3.02. The Hall–Kier alpha value is -2.81. The molecule has 0 radical (unpaired) electrons. The fourth-order valence-electron chi connectivity index (χ4n) is 2.53. The first-order chi connectivity index (χ1) is 11.6. The molecule has 1 fully saturated rings. The smallest absolute Gasteiger partial charge is 0.184 e. The number of benzene rings is 2. The van der Waals surface area contributed by atoms with Crippen molar-refractivity contribution in [3.63, 3.8) is 0 Å². The summed E-state index contributed by atoms with van der Waals surface area (Å²) < 4.78 is 11.4. The van der Waals surface area contributed by atoms with Gasteiger partial charge < -0.3 is 9.47 Å². The van der Waals surface area contributed by atoms with Crippen LogP contribution in [0.1, 0.15) is 36.8 Å². The summed E-state index contributed by atoms with van der Waals surface area (Å²) >= 11 is 0. The van der Waals surface area contributed by atoms with E-state index in [-0.39, 0.29) is 5.76 Å². The minimum Gasteiger partial charge on any atom is -0.457 e. The SMILES string of the molecule is C=C(C=O)Oc1cc(Oc2ccc(C3CC3)cc2)ccc1C(=C)C. The Labute approximate surface area is 142 Å². The lowest BCUT2D eigenvalue weighted by molar-refractivity contribution is -0.106. The number of hydrogen-bond acceptors (Lipinski definition) is 3. The standard InChI is InChI=1S/C21H20O3/c1-14(2)20-11-10-19(12-21(20)23-15(3)13-22)24-18-8-6-17(7-9-18)16-4-5-16/h6-13,16H,1,3-5H2,2H3. The molecule has 24 heavy (non-hydrogen) atoms. The van der Waals surface area contributed by atoms with Crippen molar-refractivity contribution in [1.82, 2.24) is 0 Å². The third-order valence-electron chi connectivity index (χ3n) is 3.95. The third kappa shape index (κ3) is 3.74. The molecule has 3 nitrogen and oxygen atoms in total. The van der Waals surface area contributed by atoms with Gasteiger partial charge in [0.15, 0.2) is 12.0 Å². The van der Waals surface area contributed by atoms with Gasteiger partial charge in [-0.1, -0.05) is 25.3 Å². The van der Waals surface area contributed by atoms with E-state index in [0.717, 1.165) is 22.8 Å². The summed E-state index contributed by atoms with van der Waals surface area (Å²) in [5.74, 6) is 2.67. The van der Waals surface area contributed by atoms with Crippen LogP contribution in [0.3, 0.4) is 0 Å². The topological polar surface area (TPSA) is 35.5 Å². The Kier molecular flexibility index (Phi) is 4.52. The van der Waals surface area contributed by atoms with Crippen LogP contribution >= 0.6 is 0 Å². The second kappa shape index (κ2) is 6.75. The van der Waals surface area contributed by atoms with Gasteiger partial charge in [0.25, 0.3) is 0 Å². The molecule has 1 saturated carbocycles. The molecule has 0 bridgehead atoms. The van der Waals surface area contributed by atoms with E-state index in [9.17, 15) is 4.79 Å². The predicted molar refractivity (Wildman–Crippen MR) is 95.5 cm³/mol. The van der Waals surface area contributed by atoms with Gasteiger partial charge in [0, 0.05) is 11.6 Å². The fraction of sp³-hybridized carbons (Fsp3) is 0.190. The lowest BCUT2D eigenvalue weighted by atomic mass is 10.1. The maximum atomic E-state index is 10.8. The molecule has 0 spiro atoms. The van der Waals surface area contributed by atoms with Crippen molar-refractivity contribution in [1.29, 1.82) is 0 Å². The first-order valence-electron chi connectivity index (χ1n) is 7.96. The van der Waals surface area contributed by atoms with Gasteiger partial charge in [-0.3, -0.25) is 4.79 Å². The molecule has 1 aliphatic carbocycles. The van der Waals surface area contributed by atoms with Gasteiger partial charge >= 0.3 is 0 Å². The molecule has 0 unspecified atom stereocenters. The van der Waals surface area contributed by atoms with E-state index in [0.29, 0.717) is 17.8 Å². The number of allylic oxidation sites excluding steroid dienone is 2. The van der Waals surface area contributed by atoms with E-state index in [1.165, 1.54) is 18.4 Å². The van der Waals surface area contributed by atoms with Crippen molar-refractivity contribution < 1.29 is 14.3 Å². The minimum absolute atomic E-state index is 0.0448. The number of rotatable bonds is 7. The van der Waals surface area contributed by atoms with Crippen LogP contribution in [0.5, 0.6) is 17.2 Å². The summed E-state index contributed by atoms with van der Waals surface area (Å²) in [6.45, 7) is 9.36. The highest BCUT2D eigenvalue weighted by atomic mass is 16.5. The fourth-order valence-corrected chi connectivity index (χ4v) is 2.53. The highest BCUT2D eigenvalue weighted by Crippen LogP contribution is 2.40. The first kappa shape index (κ1) is 16.1. The van der Waals surface area contributed by atoms with Crippen LogP contribution < -0.4 is 9.47 Å². The van der Waals surface area contributed by atoms with Crippen molar-refractivity contribution >= 4 is 11.9 Å². The highest BCUT2D eigenvalue weighted by Gasteiger charge is 2.23. The lowest BCUT2D eigenvalue weighted by Gasteiger charge is -2.13. The van der Waals surface area contributed by atoms with E-state index >= 15 is 0 Å². The molecule has 0 atom stereocenters. The van der Waals surface area contributed by atoms with Crippen LogP contribution in [-0.2, 0) is 4.79 Å². The van der Waals surface area contributed by atoms with Crippen molar-refractivity contribution in [3.05, 3.63) is 72.5 Å². The maximum Gasteiger partial charge on any atom is 0.184 e. The van der Waals surface area contributed by atoms with Gasteiger partial charge in [0.1, 0.15) is 17.2 Å². The maximum absolute atomic E-state index is 10.8. The van der Waals surface area contributed by atoms with E-state index in [1.807, 2.05) is 31.2 Å². The molecule has 2 aromatic rings. The molecule has 3 rings (SSSR count). The molecule has 3 heteroatoms. The average Bonchev–Trinajstić information content (AvgIpc) is 3.40. The van der Waals surface area contributed by atoms with Gasteiger partial charge in [-0.2, -0.15) is 0 Å². The first-order valence-corrected chi connectivity index (χ1v) is 7.96. The number of aldehydes is 1. The van der Waals surface area contributed by atoms with E-state index < -0.39 is 0 Å². The zero-order valence-corrected chi connectivity index (χ0v) is 13.7. The van der Waals surface area contributed by atoms with Gasteiger partial charge in [0.2, 0.25) is 0 Å². The molecule has 0 heterocycles. The van der Waals surface area contributed by atoms with Gasteiger partial charge in [-0.25, -0.2) is 0 Å². The number of hydrogen-bond donors (Lipinski definition) is 0. The summed E-state index contributed by atoms with van der Waals surface area (Å²) in [6.07, 6.45) is 3.14. The van der Waals surface area contributed by atoms with Crippen LogP contribution in [0.2, 0.25) is 0 Å². The molecule has 122 valence electrons. The molecular weight excluding hydrogens is 300 g/mol. The Morgan fingerprint density at radius 2 is 1.75 bits per heavy atom. The summed E-state index contributed by atoms with van der Waals surface area (Å²) in [7, 11) is 0.